The van der Waals surface area contributed by atoms with E-state index in [0.29, 0.717) is 5.69 Å². The Hall–Kier alpha value is -2.15. The number of hydrogen-bond donors (Lipinski definition) is 3. The van der Waals surface area contributed by atoms with E-state index in [1.807, 2.05) is 13.0 Å². The maximum absolute atomic E-state index is 11.7. The van der Waals surface area contributed by atoms with Gasteiger partial charge >= 0.3 is 12.0 Å². The molecule has 1 aromatic rings. The Balaban J connectivity index is 2.76. The van der Waals surface area contributed by atoms with Crippen molar-refractivity contribution < 1.29 is 19.5 Å². The van der Waals surface area contributed by atoms with Crippen LogP contribution in [0.15, 0.2) is 33.8 Å². The summed E-state index contributed by atoms with van der Waals surface area (Å²) in [5.41, 5.74) is 1.24. The van der Waals surface area contributed by atoms with Gasteiger partial charge in [0.2, 0.25) is 0 Å². The number of aliphatic carboxylic acids is 1. The Bertz CT molecular complexity index is 638. The number of carbonyl (C=O) groups excluding carboxylic acids is 2. The molecular formula is C14H15BrN2O4. The lowest BCUT2D eigenvalue weighted by atomic mass is 10.1. The van der Waals surface area contributed by atoms with Crippen LogP contribution in [0.4, 0.5) is 10.5 Å². The van der Waals surface area contributed by atoms with Gasteiger partial charge in [0.15, 0.2) is 0 Å². The summed E-state index contributed by atoms with van der Waals surface area (Å²) < 4.78 is 0.873. The van der Waals surface area contributed by atoms with Crippen molar-refractivity contribution in [1.82, 2.24) is 5.32 Å². The van der Waals surface area contributed by atoms with Gasteiger partial charge in [0.1, 0.15) is 0 Å². The minimum Gasteiger partial charge on any atom is -0.478 e. The molecular weight excluding hydrogens is 340 g/mol. The Morgan fingerprint density at radius 2 is 1.76 bits per heavy atom. The molecule has 0 saturated heterocycles. The quantitative estimate of drug-likeness (QED) is 0.727. The summed E-state index contributed by atoms with van der Waals surface area (Å²) >= 11 is 3.31. The normalized spacial score (nSPS) is 11.4. The van der Waals surface area contributed by atoms with E-state index < -0.39 is 17.9 Å². The van der Waals surface area contributed by atoms with Gasteiger partial charge in [-0.3, -0.25) is 10.1 Å². The van der Waals surface area contributed by atoms with Crippen LogP contribution in [-0.4, -0.2) is 23.0 Å². The lowest BCUT2D eigenvalue weighted by Crippen LogP contribution is -2.35. The number of benzene rings is 1. The standard InChI is InChI=1S/C14H15BrN2O4/c1-7-6-10(15)4-5-11(7)16-14(21)17-12(18)8(2)9(3)13(19)20/h4-6H,1-3H3,(H,19,20)(H2,16,17,18,21). The zero-order valence-electron chi connectivity index (χ0n) is 11.8. The zero-order valence-corrected chi connectivity index (χ0v) is 13.4. The average molecular weight is 355 g/mol. The van der Waals surface area contributed by atoms with Crippen molar-refractivity contribution in [3.63, 3.8) is 0 Å². The van der Waals surface area contributed by atoms with Crippen molar-refractivity contribution in [2.75, 3.05) is 5.32 Å². The first-order valence-corrected chi connectivity index (χ1v) is 6.81. The van der Waals surface area contributed by atoms with Crippen molar-refractivity contribution in [2.45, 2.75) is 20.8 Å². The van der Waals surface area contributed by atoms with Gasteiger partial charge < -0.3 is 10.4 Å². The van der Waals surface area contributed by atoms with Gasteiger partial charge in [0.05, 0.1) is 0 Å². The number of imide groups is 1. The first-order valence-electron chi connectivity index (χ1n) is 6.01. The van der Waals surface area contributed by atoms with Crippen molar-refractivity contribution in [1.29, 1.82) is 0 Å². The van der Waals surface area contributed by atoms with E-state index in [1.54, 1.807) is 12.1 Å². The van der Waals surface area contributed by atoms with Crippen LogP contribution in [0.2, 0.25) is 0 Å². The molecule has 0 fully saturated rings. The fourth-order valence-corrected chi connectivity index (χ4v) is 1.92. The van der Waals surface area contributed by atoms with Crippen LogP contribution in [0.1, 0.15) is 19.4 Å². The fourth-order valence-electron chi connectivity index (χ4n) is 1.45. The van der Waals surface area contributed by atoms with E-state index in [1.165, 1.54) is 13.8 Å². The third-order valence-electron chi connectivity index (χ3n) is 2.89. The van der Waals surface area contributed by atoms with Crippen LogP contribution in [-0.2, 0) is 9.59 Å². The molecule has 0 atom stereocenters. The predicted molar refractivity (Wildman–Crippen MR) is 82.1 cm³/mol. The Morgan fingerprint density at radius 3 is 2.29 bits per heavy atom. The second-order valence-corrected chi connectivity index (χ2v) is 5.34. The van der Waals surface area contributed by atoms with Gasteiger partial charge in [-0.15, -0.1) is 0 Å². The highest BCUT2D eigenvalue weighted by Gasteiger charge is 2.15. The maximum atomic E-state index is 11.7. The van der Waals surface area contributed by atoms with Gasteiger partial charge in [-0.25, -0.2) is 9.59 Å². The minimum absolute atomic E-state index is 0.0230. The molecule has 0 aliphatic carbocycles. The molecule has 0 unspecified atom stereocenters. The molecule has 21 heavy (non-hydrogen) atoms. The summed E-state index contributed by atoms with van der Waals surface area (Å²) in [6.07, 6.45) is 0. The largest absolute Gasteiger partial charge is 0.478 e. The number of carboxylic acid groups (broad SMARTS) is 1. The second kappa shape index (κ2) is 7.03. The van der Waals surface area contributed by atoms with E-state index in [2.05, 4.69) is 26.6 Å². The van der Waals surface area contributed by atoms with E-state index in [-0.39, 0.29) is 11.1 Å². The Morgan fingerprint density at radius 1 is 1.14 bits per heavy atom. The van der Waals surface area contributed by atoms with Gasteiger partial charge in [-0.05, 0) is 44.5 Å². The average Bonchev–Trinajstić information content (AvgIpc) is 2.40. The van der Waals surface area contributed by atoms with Crippen molar-refractivity contribution in [3.05, 3.63) is 39.4 Å². The Labute approximate surface area is 130 Å². The third kappa shape index (κ3) is 4.71. The SMILES string of the molecule is CC(C(=O)O)=C(C)C(=O)NC(=O)Nc1ccc(Br)cc1C. The monoisotopic (exact) mass is 354 g/mol. The van der Waals surface area contributed by atoms with Gasteiger partial charge in [-0.1, -0.05) is 15.9 Å². The number of carboxylic acids is 1. The van der Waals surface area contributed by atoms with Gasteiger partial charge in [0.25, 0.3) is 5.91 Å². The number of anilines is 1. The molecule has 0 heterocycles. The number of hydrogen-bond acceptors (Lipinski definition) is 3. The molecule has 6 nitrogen and oxygen atoms in total. The van der Waals surface area contributed by atoms with Crippen LogP contribution < -0.4 is 10.6 Å². The first-order chi connectivity index (χ1) is 9.72. The third-order valence-corrected chi connectivity index (χ3v) is 3.38. The van der Waals surface area contributed by atoms with Crippen LogP contribution in [0.5, 0.6) is 0 Å². The molecule has 0 aliphatic heterocycles. The highest BCUT2D eigenvalue weighted by Crippen LogP contribution is 2.19. The number of rotatable bonds is 3. The molecule has 1 aromatic carbocycles. The molecule has 0 aliphatic rings. The number of carbonyl (C=O) groups is 3. The topological polar surface area (TPSA) is 95.5 Å². The van der Waals surface area contributed by atoms with Crippen LogP contribution >= 0.6 is 15.9 Å². The predicted octanol–water partition coefficient (Wildman–Crippen LogP) is 2.83. The molecule has 3 amide bonds. The van der Waals surface area contributed by atoms with Crippen LogP contribution in [0.3, 0.4) is 0 Å². The van der Waals surface area contributed by atoms with E-state index in [4.69, 9.17) is 5.11 Å². The van der Waals surface area contributed by atoms with E-state index in [9.17, 15) is 14.4 Å². The minimum atomic E-state index is -1.20. The maximum Gasteiger partial charge on any atom is 0.331 e. The molecule has 7 heteroatoms. The second-order valence-electron chi connectivity index (χ2n) is 4.42. The molecule has 0 spiro atoms. The first kappa shape index (κ1) is 16.9. The van der Waals surface area contributed by atoms with Crippen molar-refractivity contribution in [3.8, 4) is 0 Å². The highest BCUT2D eigenvalue weighted by atomic mass is 79.9. The summed E-state index contributed by atoms with van der Waals surface area (Å²) in [6.45, 7) is 4.45. The number of urea groups is 1. The molecule has 0 aromatic heterocycles. The number of amides is 3. The zero-order chi connectivity index (χ0) is 16.2. The van der Waals surface area contributed by atoms with Crippen molar-refractivity contribution >= 4 is 39.5 Å². The molecule has 1 rings (SSSR count). The number of halogens is 1. The highest BCUT2D eigenvalue weighted by molar-refractivity contribution is 9.10. The molecule has 0 saturated carbocycles. The van der Waals surface area contributed by atoms with E-state index >= 15 is 0 Å². The Kier molecular flexibility index (Phi) is 5.66. The number of nitrogens with one attached hydrogen (secondary N) is 2. The van der Waals surface area contributed by atoms with E-state index in [0.717, 1.165) is 10.0 Å². The van der Waals surface area contributed by atoms with Crippen molar-refractivity contribution in [2.24, 2.45) is 0 Å². The molecule has 0 bridgehead atoms. The number of aryl methyl sites for hydroxylation is 1. The summed E-state index contributed by atoms with van der Waals surface area (Å²) in [7, 11) is 0. The van der Waals surface area contributed by atoms with Crippen LogP contribution in [0, 0.1) is 6.92 Å². The molecule has 112 valence electrons. The fraction of sp³-hybridized carbons (Fsp3) is 0.214. The lowest BCUT2D eigenvalue weighted by molar-refractivity contribution is -0.133. The van der Waals surface area contributed by atoms with Crippen LogP contribution in [0.25, 0.3) is 0 Å². The summed E-state index contributed by atoms with van der Waals surface area (Å²) in [5.74, 6) is -1.95. The summed E-state index contributed by atoms with van der Waals surface area (Å²) in [6, 6.07) is 4.54. The summed E-state index contributed by atoms with van der Waals surface area (Å²) in [4.78, 5) is 34.2. The van der Waals surface area contributed by atoms with Gasteiger partial charge in [0, 0.05) is 21.3 Å². The summed E-state index contributed by atoms with van der Waals surface area (Å²) in [5, 5.41) is 13.4. The molecule has 3 N–H and O–H groups in total. The molecule has 0 radical (unpaired) electrons. The van der Waals surface area contributed by atoms with Gasteiger partial charge in [-0.2, -0.15) is 0 Å². The smallest absolute Gasteiger partial charge is 0.331 e. The lowest BCUT2D eigenvalue weighted by Gasteiger charge is -2.10.